The molecule has 2 rings (SSSR count). The summed E-state index contributed by atoms with van der Waals surface area (Å²) >= 11 is 5.87. The van der Waals surface area contributed by atoms with E-state index in [-0.39, 0.29) is 21.4 Å². The van der Waals surface area contributed by atoms with Gasteiger partial charge >= 0.3 is 0 Å². The molecule has 2 heterocycles. The Balaban J connectivity index is 2.43. The molecule has 6 nitrogen and oxygen atoms in total. The number of rotatable bonds is 3. The maximum atomic E-state index is 12.2. The Labute approximate surface area is 109 Å². The van der Waals surface area contributed by atoms with Crippen molar-refractivity contribution in [3.8, 4) is 0 Å². The number of hydrogen-bond donors (Lipinski definition) is 1. The second-order valence-corrected chi connectivity index (χ2v) is 5.64. The van der Waals surface area contributed by atoms with Crippen molar-refractivity contribution < 1.29 is 12.9 Å². The van der Waals surface area contributed by atoms with E-state index in [0.29, 0.717) is 5.69 Å². The average Bonchev–Trinajstić information content (AvgIpc) is 2.62. The van der Waals surface area contributed by atoms with Crippen LogP contribution in [0, 0.1) is 13.8 Å². The minimum atomic E-state index is -3.78. The first kappa shape index (κ1) is 12.8. The van der Waals surface area contributed by atoms with Crippen LogP contribution in [0.2, 0.25) is 5.02 Å². The molecule has 0 unspecified atom stereocenters. The Kier molecular flexibility index (Phi) is 3.27. The fourth-order valence-electron chi connectivity index (χ4n) is 1.51. The zero-order chi connectivity index (χ0) is 13.3. The fraction of sp³-hybridized carbons (Fsp3) is 0.200. The highest BCUT2D eigenvalue weighted by Gasteiger charge is 2.24. The fourth-order valence-corrected chi connectivity index (χ4v) is 3.11. The van der Waals surface area contributed by atoms with Gasteiger partial charge in [0, 0.05) is 6.20 Å². The lowest BCUT2D eigenvalue weighted by atomic mass is 10.4. The third-order valence-electron chi connectivity index (χ3n) is 2.25. The molecular formula is C10H10ClN3O3S. The molecule has 2 aromatic heterocycles. The van der Waals surface area contributed by atoms with Crippen molar-refractivity contribution in [2.75, 3.05) is 4.72 Å². The lowest BCUT2D eigenvalue weighted by Gasteiger charge is -2.08. The van der Waals surface area contributed by atoms with Gasteiger partial charge in [-0.15, -0.1) is 0 Å². The number of nitrogens with one attached hydrogen (secondary N) is 1. The molecule has 18 heavy (non-hydrogen) atoms. The number of hydrogen-bond acceptors (Lipinski definition) is 5. The Morgan fingerprint density at radius 2 is 2.11 bits per heavy atom. The summed E-state index contributed by atoms with van der Waals surface area (Å²) in [6, 6.07) is 1.49. The van der Waals surface area contributed by atoms with Gasteiger partial charge in [-0.1, -0.05) is 16.8 Å². The summed E-state index contributed by atoms with van der Waals surface area (Å²) in [6.07, 6.45) is 2.80. The summed E-state index contributed by atoms with van der Waals surface area (Å²) < 4.78 is 31.5. The van der Waals surface area contributed by atoms with Gasteiger partial charge in [0.05, 0.1) is 16.9 Å². The van der Waals surface area contributed by atoms with Crippen LogP contribution in [0.3, 0.4) is 0 Å². The SMILES string of the molecule is Cc1noc(C)c1S(=O)(=O)Nc1cnccc1Cl. The predicted molar refractivity (Wildman–Crippen MR) is 66.0 cm³/mol. The first-order valence-corrected chi connectivity index (χ1v) is 6.83. The van der Waals surface area contributed by atoms with Crippen molar-refractivity contribution in [1.29, 1.82) is 0 Å². The lowest BCUT2D eigenvalue weighted by molar-refractivity contribution is 0.390. The summed E-state index contributed by atoms with van der Waals surface area (Å²) in [4.78, 5) is 3.82. The highest BCUT2D eigenvalue weighted by Crippen LogP contribution is 2.25. The molecule has 2 aromatic rings. The number of pyridine rings is 1. The third-order valence-corrected chi connectivity index (χ3v) is 4.19. The van der Waals surface area contributed by atoms with Crippen molar-refractivity contribution in [3.05, 3.63) is 34.9 Å². The molecule has 0 aliphatic carbocycles. The smallest absolute Gasteiger partial charge is 0.267 e. The lowest BCUT2D eigenvalue weighted by Crippen LogP contribution is -2.14. The van der Waals surface area contributed by atoms with Crippen molar-refractivity contribution in [2.45, 2.75) is 18.7 Å². The number of nitrogens with zero attached hydrogens (tertiary/aromatic N) is 2. The van der Waals surface area contributed by atoms with E-state index < -0.39 is 10.0 Å². The van der Waals surface area contributed by atoms with Crippen LogP contribution in [-0.4, -0.2) is 18.6 Å². The molecule has 1 N–H and O–H groups in total. The second kappa shape index (κ2) is 4.58. The van der Waals surface area contributed by atoms with E-state index in [1.165, 1.54) is 25.4 Å². The molecule has 0 aromatic carbocycles. The minimum absolute atomic E-state index is 0.0161. The van der Waals surface area contributed by atoms with Crippen LogP contribution in [0.1, 0.15) is 11.5 Å². The molecule has 96 valence electrons. The molecule has 0 aliphatic heterocycles. The van der Waals surface area contributed by atoms with Gasteiger partial charge in [-0.2, -0.15) is 0 Å². The van der Waals surface area contributed by atoms with Crippen LogP contribution < -0.4 is 4.72 Å². The van der Waals surface area contributed by atoms with Crippen molar-refractivity contribution in [3.63, 3.8) is 0 Å². The number of aromatic nitrogens is 2. The quantitative estimate of drug-likeness (QED) is 0.935. The molecule has 0 amide bonds. The van der Waals surface area contributed by atoms with Crippen molar-refractivity contribution in [2.24, 2.45) is 0 Å². The summed E-state index contributed by atoms with van der Waals surface area (Å²) in [5.41, 5.74) is 0.499. The molecule has 0 saturated heterocycles. The molecular weight excluding hydrogens is 278 g/mol. The molecule has 0 atom stereocenters. The maximum Gasteiger partial charge on any atom is 0.267 e. The number of aryl methyl sites for hydroxylation is 2. The van der Waals surface area contributed by atoms with Crippen LogP contribution in [0.15, 0.2) is 27.9 Å². The molecule has 0 radical (unpaired) electrons. The number of sulfonamides is 1. The van der Waals surface area contributed by atoms with Gasteiger partial charge in [0.2, 0.25) is 0 Å². The monoisotopic (exact) mass is 287 g/mol. The zero-order valence-electron chi connectivity index (χ0n) is 9.64. The molecule has 8 heteroatoms. The molecule has 0 bridgehead atoms. The summed E-state index contributed by atoms with van der Waals surface area (Å²) in [5.74, 6) is 0.222. The molecule has 0 aliphatic rings. The average molecular weight is 288 g/mol. The van der Waals surface area contributed by atoms with Gasteiger partial charge in [-0.25, -0.2) is 8.42 Å². The minimum Gasteiger partial charge on any atom is -0.360 e. The van der Waals surface area contributed by atoms with Gasteiger partial charge in [0.1, 0.15) is 5.69 Å². The highest BCUT2D eigenvalue weighted by molar-refractivity contribution is 7.92. The van der Waals surface area contributed by atoms with E-state index in [1.807, 2.05) is 0 Å². The van der Waals surface area contributed by atoms with Crippen LogP contribution in [0.5, 0.6) is 0 Å². The standard InChI is InChI=1S/C10H10ClN3O3S/c1-6-10(7(2)17-13-6)18(15,16)14-9-5-12-4-3-8(9)11/h3-5,14H,1-2H3. The van der Waals surface area contributed by atoms with Gasteiger partial charge in [-0.3, -0.25) is 9.71 Å². The number of anilines is 1. The summed E-state index contributed by atoms with van der Waals surface area (Å²) in [7, 11) is -3.78. The van der Waals surface area contributed by atoms with Gasteiger partial charge in [-0.05, 0) is 19.9 Å². The van der Waals surface area contributed by atoms with E-state index in [0.717, 1.165) is 0 Å². The molecule has 0 fully saturated rings. The Hall–Kier alpha value is -1.60. The maximum absolute atomic E-state index is 12.2. The van der Waals surface area contributed by atoms with Crippen LogP contribution >= 0.6 is 11.6 Å². The van der Waals surface area contributed by atoms with E-state index in [1.54, 1.807) is 6.92 Å². The first-order valence-electron chi connectivity index (χ1n) is 4.97. The zero-order valence-corrected chi connectivity index (χ0v) is 11.2. The van der Waals surface area contributed by atoms with Crippen molar-refractivity contribution >= 4 is 27.3 Å². The Morgan fingerprint density at radius 1 is 1.39 bits per heavy atom. The Morgan fingerprint density at radius 3 is 2.67 bits per heavy atom. The van der Waals surface area contributed by atoms with Gasteiger partial charge in [0.15, 0.2) is 10.7 Å². The third kappa shape index (κ3) is 2.32. The Bertz CT molecular complexity index is 662. The predicted octanol–water partition coefficient (Wildman–Crippen LogP) is 2.14. The van der Waals surface area contributed by atoms with Gasteiger partial charge < -0.3 is 4.52 Å². The van der Waals surface area contributed by atoms with E-state index in [2.05, 4.69) is 14.9 Å². The first-order chi connectivity index (χ1) is 8.42. The highest BCUT2D eigenvalue weighted by atomic mass is 35.5. The summed E-state index contributed by atoms with van der Waals surface area (Å²) in [5, 5.41) is 3.87. The van der Waals surface area contributed by atoms with Gasteiger partial charge in [0.25, 0.3) is 10.0 Å². The van der Waals surface area contributed by atoms with Crippen molar-refractivity contribution in [1.82, 2.24) is 10.1 Å². The largest absolute Gasteiger partial charge is 0.360 e. The van der Waals surface area contributed by atoms with E-state index >= 15 is 0 Å². The number of halogens is 1. The van der Waals surface area contributed by atoms with Crippen LogP contribution in [0.25, 0.3) is 0 Å². The topological polar surface area (TPSA) is 85.1 Å². The normalized spacial score (nSPS) is 11.5. The van der Waals surface area contributed by atoms with Crippen LogP contribution in [-0.2, 0) is 10.0 Å². The van der Waals surface area contributed by atoms with E-state index in [9.17, 15) is 8.42 Å². The second-order valence-electron chi connectivity index (χ2n) is 3.61. The molecule has 0 spiro atoms. The van der Waals surface area contributed by atoms with Crippen LogP contribution in [0.4, 0.5) is 5.69 Å². The summed E-state index contributed by atoms with van der Waals surface area (Å²) in [6.45, 7) is 3.08. The molecule has 0 saturated carbocycles. The van der Waals surface area contributed by atoms with E-state index in [4.69, 9.17) is 16.1 Å².